The highest BCUT2D eigenvalue weighted by molar-refractivity contribution is 6.14. The number of rotatable bonds is 5. The molecule has 0 aliphatic rings. The summed E-state index contributed by atoms with van der Waals surface area (Å²) in [6.07, 6.45) is -4.84. The topological polar surface area (TPSA) is 113 Å². The quantitative estimate of drug-likeness (QED) is 0.432. The molecule has 0 saturated heterocycles. The van der Waals surface area contributed by atoms with Gasteiger partial charge in [-0.1, -0.05) is 30.3 Å². The number of nitrogens with zero attached hydrogens (tertiary/aromatic N) is 4. The number of hydrogen-bond donors (Lipinski definition) is 2. The summed E-state index contributed by atoms with van der Waals surface area (Å²) >= 11 is 0. The number of carbonyl (C=O) groups excluding carboxylic acids is 2. The lowest BCUT2D eigenvalue weighted by atomic mass is 10.1. The first-order chi connectivity index (χ1) is 17.1. The Kier molecular flexibility index (Phi) is 6.44. The maximum atomic E-state index is 13.9. The van der Waals surface area contributed by atoms with Gasteiger partial charge in [0, 0.05) is 12.4 Å². The van der Waals surface area contributed by atoms with Crippen molar-refractivity contribution in [1.29, 1.82) is 5.26 Å². The molecule has 0 bridgehead atoms. The molecule has 11 heteroatoms. The third kappa shape index (κ3) is 4.74. The minimum atomic E-state index is -4.84. The van der Waals surface area contributed by atoms with E-state index in [1.54, 1.807) is 48.5 Å². The van der Waals surface area contributed by atoms with Crippen molar-refractivity contribution >= 4 is 28.4 Å². The van der Waals surface area contributed by atoms with E-state index < -0.39 is 29.4 Å². The Hall–Kier alpha value is -4.72. The molecule has 4 aromatic rings. The van der Waals surface area contributed by atoms with Crippen LogP contribution in [0.25, 0.3) is 10.9 Å². The Labute approximate surface area is 203 Å². The summed E-state index contributed by atoms with van der Waals surface area (Å²) in [5.74, 6) is -1.39. The number of fused-ring (bicyclic) bond motifs is 1. The van der Waals surface area contributed by atoms with Crippen LogP contribution in [-0.2, 0) is 12.7 Å². The van der Waals surface area contributed by atoms with E-state index in [1.165, 1.54) is 20.0 Å². The zero-order valence-corrected chi connectivity index (χ0v) is 19.1. The molecular formula is C25H19F3N6O2. The number of nitrogens with one attached hydrogen (secondary N) is 2. The lowest BCUT2D eigenvalue weighted by Crippen LogP contribution is -2.21. The molecule has 0 aliphatic heterocycles. The van der Waals surface area contributed by atoms with E-state index in [0.717, 1.165) is 4.68 Å². The zero-order chi connectivity index (χ0) is 26.0. The average molecular weight is 492 g/mol. The molecule has 2 aromatic heterocycles. The number of benzene rings is 2. The van der Waals surface area contributed by atoms with Crippen molar-refractivity contribution in [3.05, 3.63) is 88.4 Å². The van der Waals surface area contributed by atoms with Crippen molar-refractivity contribution < 1.29 is 22.8 Å². The number of carbonyl (C=O) groups is 2. The number of aromatic nitrogens is 3. The second kappa shape index (κ2) is 9.50. The third-order valence-corrected chi connectivity index (χ3v) is 5.55. The van der Waals surface area contributed by atoms with E-state index >= 15 is 0 Å². The van der Waals surface area contributed by atoms with Crippen molar-refractivity contribution in [1.82, 2.24) is 20.1 Å². The highest BCUT2D eigenvalue weighted by Crippen LogP contribution is 2.36. The normalized spacial score (nSPS) is 11.2. The molecule has 0 atom stereocenters. The molecule has 2 N–H and O–H groups in total. The predicted molar refractivity (Wildman–Crippen MR) is 125 cm³/mol. The molecule has 0 radical (unpaired) electrons. The van der Waals surface area contributed by atoms with Gasteiger partial charge in [0.2, 0.25) is 0 Å². The SMILES string of the molecule is CNC(=O)c1cc(C(=O)Nc2c(C(F)(F)F)nn(Cc3ccc(C#N)cc3)c2C)c2ccccc2n1. The van der Waals surface area contributed by atoms with Crippen LogP contribution in [-0.4, -0.2) is 33.6 Å². The van der Waals surface area contributed by atoms with Crippen LogP contribution in [0.1, 0.15) is 43.4 Å². The lowest BCUT2D eigenvalue weighted by Gasteiger charge is -2.12. The fourth-order valence-corrected chi connectivity index (χ4v) is 3.69. The highest BCUT2D eigenvalue weighted by atomic mass is 19.4. The summed E-state index contributed by atoms with van der Waals surface area (Å²) < 4.78 is 42.8. The second-order valence-corrected chi connectivity index (χ2v) is 7.88. The van der Waals surface area contributed by atoms with E-state index in [9.17, 15) is 22.8 Å². The summed E-state index contributed by atoms with van der Waals surface area (Å²) in [6, 6.07) is 16.1. The van der Waals surface area contributed by atoms with Gasteiger partial charge in [-0.2, -0.15) is 23.5 Å². The Morgan fingerprint density at radius 2 is 1.78 bits per heavy atom. The first-order valence-corrected chi connectivity index (χ1v) is 10.7. The number of nitriles is 1. The van der Waals surface area contributed by atoms with Gasteiger partial charge in [-0.25, -0.2) is 4.98 Å². The van der Waals surface area contributed by atoms with Crippen molar-refractivity contribution in [2.45, 2.75) is 19.6 Å². The fourth-order valence-electron chi connectivity index (χ4n) is 3.69. The van der Waals surface area contributed by atoms with Gasteiger partial charge in [-0.15, -0.1) is 0 Å². The van der Waals surface area contributed by atoms with E-state index in [0.29, 0.717) is 22.0 Å². The van der Waals surface area contributed by atoms with E-state index in [2.05, 4.69) is 20.7 Å². The van der Waals surface area contributed by atoms with Crippen molar-refractivity contribution in [2.24, 2.45) is 0 Å². The Morgan fingerprint density at radius 3 is 2.42 bits per heavy atom. The lowest BCUT2D eigenvalue weighted by molar-refractivity contribution is -0.140. The first-order valence-electron chi connectivity index (χ1n) is 10.7. The molecular weight excluding hydrogens is 473 g/mol. The number of para-hydroxylation sites is 1. The summed E-state index contributed by atoms with van der Waals surface area (Å²) in [6.45, 7) is 1.41. The van der Waals surface area contributed by atoms with Crippen molar-refractivity contribution in [2.75, 3.05) is 12.4 Å². The standard InChI is InChI=1S/C25H19F3N6O2/c1-14-21(22(25(26,27)28)33-34(14)13-16-9-7-15(12-29)8-10-16)32-23(35)18-11-20(24(36)30-2)31-19-6-4-3-5-17(18)19/h3-11H,13H2,1-2H3,(H,30,36)(H,32,35). The first kappa shape index (κ1) is 24.4. The summed E-state index contributed by atoms with van der Waals surface area (Å²) in [5.41, 5.74) is -0.312. The number of pyridine rings is 1. The maximum Gasteiger partial charge on any atom is 0.437 e. The van der Waals surface area contributed by atoms with Crippen LogP contribution in [0.4, 0.5) is 18.9 Å². The van der Waals surface area contributed by atoms with Crippen LogP contribution in [0.3, 0.4) is 0 Å². The van der Waals surface area contributed by atoms with Crippen LogP contribution in [0.5, 0.6) is 0 Å². The number of anilines is 1. The Bertz CT molecular complexity index is 1520. The van der Waals surface area contributed by atoms with Crippen molar-refractivity contribution in [3.8, 4) is 6.07 Å². The highest BCUT2D eigenvalue weighted by Gasteiger charge is 2.39. The molecule has 2 aromatic carbocycles. The largest absolute Gasteiger partial charge is 0.437 e. The number of alkyl halides is 3. The van der Waals surface area contributed by atoms with Gasteiger partial charge in [0.15, 0.2) is 5.69 Å². The molecule has 0 spiro atoms. The molecule has 0 saturated carbocycles. The minimum Gasteiger partial charge on any atom is -0.354 e. The fraction of sp³-hybridized carbons (Fsp3) is 0.160. The summed E-state index contributed by atoms with van der Waals surface area (Å²) in [7, 11) is 1.40. The molecule has 0 fully saturated rings. The summed E-state index contributed by atoms with van der Waals surface area (Å²) in [5, 5.41) is 17.8. The number of amides is 2. The maximum absolute atomic E-state index is 13.9. The van der Waals surface area contributed by atoms with Gasteiger partial charge in [-0.05, 0) is 36.8 Å². The van der Waals surface area contributed by atoms with Crippen LogP contribution < -0.4 is 10.6 Å². The number of halogens is 3. The molecule has 2 heterocycles. The van der Waals surface area contributed by atoms with Crippen LogP contribution in [0.2, 0.25) is 0 Å². The molecule has 182 valence electrons. The van der Waals surface area contributed by atoms with Gasteiger partial charge >= 0.3 is 6.18 Å². The Balaban J connectivity index is 1.75. The molecule has 0 unspecified atom stereocenters. The van der Waals surface area contributed by atoms with E-state index in [1.807, 2.05) is 6.07 Å². The van der Waals surface area contributed by atoms with Gasteiger partial charge in [0.25, 0.3) is 11.8 Å². The molecule has 4 rings (SSSR count). The van der Waals surface area contributed by atoms with Crippen molar-refractivity contribution in [3.63, 3.8) is 0 Å². The Morgan fingerprint density at radius 1 is 1.08 bits per heavy atom. The monoisotopic (exact) mass is 492 g/mol. The van der Waals surface area contributed by atoms with Gasteiger partial charge < -0.3 is 10.6 Å². The zero-order valence-electron chi connectivity index (χ0n) is 19.1. The van der Waals surface area contributed by atoms with Crippen LogP contribution in [0, 0.1) is 18.3 Å². The predicted octanol–water partition coefficient (Wildman–Crippen LogP) is 4.29. The second-order valence-electron chi connectivity index (χ2n) is 7.88. The smallest absolute Gasteiger partial charge is 0.354 e. The molecule has 36 heavy (non-hydrogen) atoms. The van der Waals surface area contributed by atoms with Crippen LogP contribution >= 0.6 is 0 Å². The van der Waals surface area contributed by atoms with Gasteiger partial charge in [0.1, 0.15) is 5.69 Å². The van der Waals surface area contributed by atoms with Crippen LogP contribution in [0.15, 0.2) is 54.6 Å². The van der Waals surface area contributed by atoms with Gasteiger partial charge in [0.05, 0.1) is 40.6 Å². The van der Waals surface area contributed by atoms with E-state index in [-0.39, 0.29) is 23.5 Å². The summed E-state index contributed by atoms with van der Waals surface area (Å²) in [4.78, 5) is 29.6. The molecule has 2 amide bonds. The van der Waals surface area contributed by atoms with Gasteiger partial charge in [-0.3, -0.25) is 14.3 Å². The third-order valence-electron chi connectivity index (χ3n) is 5.55. The molecule has 0 aliphatic carbocycles. The minimum absolute atomic E-state index is 0.00446. The van der Waals surface area contributed by atoms with E-state index in [4.69, 9.17) is 5.26 Å². The average Bonchev–Trinajstić information content (AvgIpc) is 3.18. The number of hydrogen-bond acceptors (Lipinski definition) is 5. The molecule has 8 nitrogen and oxygen atoms in total.